The lowest BCUT2D eigenvalue weighted by atomic mass is 9.93. The lowest BCUT2D eigenvalue weighted by Crippen LogP contribution is -2.40. The second-order valence-electron chi connectivity index (χ2n) is 9.80. The van der Waals surface area contributed by atoms with Crippen LogP contribution in [0.1, 0.15) is 68.2 Å². The van der Waals surface area contributed by atoms with Gasteiger partial charge in [-0.05, 0) is 38.5 Å². The van der Waals surface area contributed by atoms with E-state index in [9.17, 15) is 19.7 Å². The molecule has 1 aromatic carbocycles. The lowest BCUT2D eigenvalue weighted by molar-refractivity contribution is -0.384. The van der Waals surface area contributed by atoms with Gasteiger partial charge < -0.3 is 9.84 Å². The van der Waals surface area contributed by atoms with E-state index < -0.39 is 21.8 Å². The highest BCUT2D eigenvalue weighted by atomic mass is 32.1. The van der Waals surface area contributed by atoms with Crippen molar-refractivity contribution in [1.29, 1.82) is 0 Å². The zero-order valence-corrected chi connectivity index (χ0v) is 21.5. The molecule has 1 amide bonds. The minimum Gasteiger partial charge on any atom is -0.397 e. The number of benzene rings is 1. The van der Waals surface area contributed by atoms with Crippen LogP contribution in [0.3, 0.4) is 0 Å². The second-order valence-corrected chi connectivity index (χ2v) is 10.9. The zero-order valence-electron chi connectivity index (χ0n) is 20.7. The van der Waals surface area contributed by atoms with E-state index in [0.717, 1.165) is 10.4 Å². The summed E-state index contributed by atoms with van der Waals surface area (Å²) in [6.45, 7) is 12.0. The summed E-state index contributed by atoms with van der Waals surface area (Å²) >= 11 is 1.45. The van der Waals surface area contributed by atoms with Gasteiger partial charge in [-0.1, -0.05) is 20.8 Å². The highest BCUT2D eigenvalue weighted by Gasteiger charge is 2.33. The minimum absolute atomic E-state index is 0.119. The second kappa shape index (κ2) is 9.84. The molecule has 0 saturated carbocycles. The number of aromatic nitrogens is 2. The summed E-state index contributed by atoms with van der Waals surface area (Å²) in [6.07, 6.45) is 0.574. The van der Waals surface area contributed by atoms with E-state index in [1.807, 2.05) is 34.6 Å². The average molecular weight is 503 g/mol. The number of hydrogen-bond acceptors (Lipinski definition) is 8. The largest absolute Gasteiger partial charge is 0.397 e. The number of hydrogen-bond donors (Lipinski definition) is 2. The summed E-state index contributed by atoms with van der Waals surface area (Å²) in [7, 11) is 0. The normalized spacial score (nSPS) is 14.6. The number of aliphatic hydroxyl groups excluding tert-OH is 1. The summed E-state index contributed by atoms with van der Waals surface area (Å²) in [5.74, 6) is -0.134. The highest BCUT2D eigenvalue weighted by Crippen LogP contribution is 2.37. The third-order valence-corrected chi connectivity index (χ3v) is 6.43. The Bertz CT molecular complexity index is 1320. The van der Waals surface area contributed by atoms with Crippen molar-refractivity contribution in [2.75, 3.05) is 12.0 Å². The van der Waals surface area contributed by atoms with Crippen LogP contribution >= 0.6 is 11.3 Å². The fourth-order valence-corrected chi connectivity index (χ4v) is 4.79. The number of non-ortho nitro benzene ring substituents is 1. The van der Waals surface area contributed by atoms with Crippen molar-refractivity contribution in [2.24, 2.45) is 0 Å². The number of ether oxygens (including phenoxy) is 1. The molecule has 0 aliphatic carbocycles. The van der Waals surface area contributed by atoms with Gasteiger partial charge in [-0.2, -0.15) is 0 Å². The maximum absolute atomic E-state index is 13.6. The highest BCUT2D eigenvalue weighted by molar-refractivity contribution is 7.18. The van der Waals surface area contributed by atoms with Gasteiger partial charge in [0.05, 0.1) is 22.5 Å². The van der Waals surface area contributed by atoms with E-state index in [1.165, 1.54) is 40.3 Å². The van der Waals surface area contributed by atoms with Gasteiger partial charge in [-0.15, -0.1) is 11.3 Å². The average Bonchev–Trinajstić information content (AvgIpc) is 3.12. The van der Waals surface area contributed by atoms with Crippen molar-refractivity contribution in [1.82, 2.24) is 9.66 Å². The summed E-state index contributed by atoms with van der Waals surface area (Å²) in [4.78, 5) is 43.3. The molecule has 11 heteroatoms. The van der Waals surface area contributed by atoms with Crippen molar-refractivity contribution in [3.63, 3.8) is 0 Å². The van der Waals surface area contributed by atoms with E-state index in [0.29, 0.717) is 29.1 Å². The van der Waals surface area contributed by atoms with Crippen molar-refractivity contribution in [2.45, 2.75) is 65.6 Å². The number of fused-ring (bicyclic) bond motifs is 3. The Morgan fingerprint density at radius 1 is 1.31 bits per heavy atom. The molecule has 10 nitrogen and oxygen atoms in total. The molecule has 188 valence electrons. The van der Waals surface area contributed by atoms with E-state index in [1.54, 1.807) is 6.92 Å². The lowest BCUT2D eigenvalue weighted by Gasteiger charge is -2.30. The molecular formula is C24H30N4O6S. The monoisotopic (exact) mass is 502 g/mol. The van der Waals surface area contributed by atoms with Crippen LogP contribution in [0.4, 0.5) is 5.69 Å². The van der Waals surface area contributed by atoms with Gasteiger partial charge >= 0.3 is 0 Å². The van der Waals surface area contributed by atoms with Crippen molar-refractivity contribution < 1.29 is 19.6 Å². The number of thiophene rings is 1. The Labute approximate surface area is 206 Å². The summed E-state index contributed by atoms with van der Waals surface area (Å²) < 4.78 is 7.10. The molecule has 4 rings (SSSR count). The Balaban J connectivity index is 0.00000108. The smallest absolute Gasteiger partial charge is 0.281 e. The SMILES string of the molecule is CC1(C)Cc2c(sc3nc(C(C)(C)C)n(NC(=O)c4ccc([N+](=O)[O-])cc4)c(=O)c23)CO1.CCO. The van der Waals surface area contributed by atoms with E-state index >= 15 is 0 Å². The van der Waals surface area contributed by atoms with Crippen LogP contribution in [-0.2, 0) is 23.2 Å². The number of rotatable bonds is 3. The zero-order chi connectivity index (χ0) is 26.1. The maximum Gasteiger partial charge on any atom is 0.281 e. The predicted molar refractivity (Wildman–Crippen MR) is 135 cm³/mol. The molecule has 0 radical (unpaired) electrons. The van der Waals surface area contributed by atoms with Crippen molar-refractivity contribution in [3.05, 3.63) is 66.6 Å². The number of nitrogens with zero attached hydrogens (tertiary/aromatic N) is 3. The van der Waals surface area contributed by atoms with E-state index in [2.05, 4.69) is 5.43 Å². The summed E-state index contributed by atoms with van der Waals surface area (Å²) in [5, 5.41) is 18.9. The minimum atomic E-state index is -0.554. The van der Waals surface area contributed by atoms with Crippen LogP contribution in [0, 0.1) is 10.1 Å². The summed E-state index contributed by atoms with van der Waals surface area (Å²) in [6, 6.07) is 5.21. The van der Waals surface area contributed by atoms with E-state index in [4.69, 9.17) is 14.8 Å². The van der Waals surface area contributed by atoms with Gasteiger partial charge in [0.1, 0.15) is 10.7 Å². The molecule has 1 aliphatic rings. The first-order valence-corrected chi connectivity index (χ1v) is 12.0. The van der Waals surface area contributed by atoms with Crippen LogP contribution < -0.4 is 11.0 Å². The number of carbonyl (C=O) groups excluding carboxylic acids is 1. The maximum atomic E-state index is 13.6. The molecule has 0 saturated heterocycles. The Morgan fingerprint density at radius 2 is 1.91 bits per heavy atom. The van der Waals surface area contributed by atoms with Crippen LogP contribution in [0.25, 0.3) is 10.2 Å². The number of nitro groups is 1. The molecule has 0 bridgehead atoms. The Morgan fingerprint density at radius 3 is 2.46 bits per heavy atom. The van der Waals surface area contributed by atoms with Gasteiger partial charge in [0.25, 0.3) is 17.2 Å². The standard InChI is InChI=1S/C22H24N4O5S.C2H6O/c1-21(2,3)20-23-18-16(14-10-22(4,5)31-11-15(14)32-18)19(28)25(20)24-17(27)12-6-8-13(9-7-12)26(29)30;1-2-3/h6-9H,10-11H2,1-5H3,(H,24,27);3H,2H2,1H3. The Kier molecular flexibility index (Phi) is 7.44. The molecule has 2 aromatic heterocycles. The Hall–Kier alpha value is -3.15. The van der Waals surface area contributed by atoms with Gasteiger partial charge in [-0.3, -0.25) is 25.1 Å². The molecule has 0 unspecified atom stereocenters. The predicted octanol–water partition coefficient (Wildman–Crippen LogP) is 3.90. The topological polar surface area (TPSA) is 137 Å². The number of carbonyl (C=O) groups is 1. The van der Waals surface area contributed by atoms with Gasteiger partial charge in [-0.25, -0.2) is 9.66 Å². The van der Waals surface area contributed by atoms with Gasteiger partial charge in [0.15, 0.2) is 0 Å². The van der Waals surface area contributed by atoms with Crippen molar-refractivity contribution >= 4 is 33.1 Å². The van der Waals surface area contributed by atoms with Gasteiger partial charge in [0.2, 0.25) is 0 Å². The van der Waals surface area contributed by atoms with Gasteiger partial charge in [0, 0.05) is 41.0 Å². The first-order chi connectivity index (χ1) is 16.3. The molecule has 3 heterocycles. The number of amides is 1. The number of nitrogens with one attached hydrogen (secondary N) is 1. The fourth-order valence-electron chi connectivity index (χ4n) is 3.70. The summed E-state index contributed by atoms with van der Waals surface area (Å²) in [5.41, 5.74) is 2.39. The third kappa shape index (κ3) is 5.58. The fraction of sp³-hybridized carbons (Fsp3) is 0.458. The third-order valence-electron chi connectivity index (χ3n) is 5.33. The molecule has 3 aromatic rings. The van der Waals surface area contributed by atoms with E-state index in [-0.39, 0.29) is 23.4 Å². The quantitative estimate of drug-likeness (QED) is 0.409. The van der Waals surface area contributed by atoms with Crippen LogP contribution in [0.2, 0.25) is 0 Å². The molecular weight excluding hydrogens is 472 g/mol. The molecule has 35 heavy (non-hydrogen) atoms. The number of aliphatic hydroxyl groups is 1. The van der Waals surface area contributed by atoms with Crippen molar-refractivity contribution in [3.8, 4) is 0 Å². The molecule has 0 atom stereocenters. The molecule has 1 aliphatic heterocycles. The first kappa shape index (κ1) is 26.5. The molecule has 2 N–H and O–H groups in total. The first-order valence-electron chi connectivity index (χ1n) is 11.2. The van der Waals surface area contributed by atoms with Crippen LogP contribution in [0.5, 0.6) is 0 Å². The molecule has 0 fully saturated rings. The van der Waals surface area contributed by atoms with Crippen LogP contribution in [-0.4, -0.2) is 37.8 Å². The van der Waals surface area contributed by atoms with Crippen LogP contribution in [0.15, 0.2) is 29.1 Å². The molecule has 0 spiro atoms. The number of nitro benzene ring substituents is 1.